The average molecular weight is 275 g/mol. The summed E-state index contributed by atoms with van der Waals surface area (Å²) in [6.45, 7) is 0. The van der Waals surface area contributed by atoms with Crippen LogP contribution in [0.5, 0.6) is 5.75 Å². The molecule has 16 heavy (non-hydrogen) atoms. The van der Waals surface area contributed by atoms with Gasteiger partial charge in [0.25, 0.3) is 0 Å². The van der Waals surface area contributed by atoms with Crippen molar-refractivity contribution in [2.45, 2.75) is 6.18 Å². The summed E-state index contributed by atoms with van der Waals surface area (Å²) in [6.07, 6.45) is -3.77. The third-order valence-corrected chi connectivity index (χ3v) is 2.28. The molecule has 0 aliphatic carbocycles. The van der Waals surface area contributed by atoms with E-state index in [1.807, 2.05) is 0 Å². The molecule has 0 saturated carbocycles. The van der Waals surface area contributed by atoms with E-state index in [0.717, 1.165) is 12.3 Å². The minimum atomic E-state index is -4.53. The maximum Gasteiger partial charge on any atom is 0.416 e. The molecule has 0 aliphatic heterocycles. The number of hydrogen-bond acceptors (Lipinski definition) is 3. The van der Waals surface area contributed by atoms with Crippen LogP contribution in [0.15, 0.2) is 18.2 Å². The summed E-state index contributed by atoms with van der Waals surface area (Å²) in [5, 5.41) is -0.416. The molecule has 0 spiro atoms. The van der Waals surface area contributed by atoms with E-state index in [-0.39, 0.29) is 5.75 Å². The number of rotatable bonds is 2. The quantitative estimate of drug-likeness (QED) is 0.779. The van der Waals surface area contributed by atoms with Crippen LogP contribution in [0.3, 0.4) is 0 Å². The van der Waals surface area contributed by atoms with Crippen molar-refractivity contribution in [1.29, 1.82) is 0 Å². The molecule has 0 fully saturated rings. The van der Waals surface area contributed by atoms with Gasteiger partial charge in [0.1, 0.15) is 0 Å². The monoisotopic (exact) mass is 274 g/mol. The Balaban J connectivity index is 3.11. The molecular formula is C8H6ClF3O3S. The van der Waals surface area contributed by atoms with Gasteiger partial charge in [0, 0.05) is 0 Å². The highest BCUT2D eigenvalue weighted by atomic mass is 35.5. The Morgan fingerprint density at radius 3 is 2.25 bits per heavy atom. The van der Waals surface area contributed by atoms with Crippen molar-refractivity contribution in [2.24, 2.45) is 0 Å². The molecule has 0 aliphatic rings. The van der Waals surface area contributed by atoms with E-state index >= 15 is 0 Å². The zero-order valence-corrected chi connectivity index (χ0v) is 9.45. The lowest BCUT2D eigenvalue weighted by molar-refractivity contribution is -0.137. The Hall–Kier alpha value is -0.950. The predicted molar refractivity (Wildman–Crippen MR) is 51.9 cm³/mol. The van der Waals surface area contributed by atoms with E-state index in [1.165, 1.54) is 0 Å². The topological polar surface area (TPSA) is 43.4 Å². The van der Waals surface area contributed by atoms with Gasteiger partial charge in [-0.2, -0.15) is 21.6 Å². The molecule has 1 aromatic rings. The Kier molecular flexibility index (Phi) is 3.39. The number of benzene rings is 1. The van der Waals surface area contributed by atoms with E-state index in [2.05, 4.69) is 4.18 Å². The highest BCUT2D eigenvalue weighted by Crippen LogP contribution is 2.34. The molecule has 3 nitrogen and oxygen atoms in total. The second-order valence-electron chi connectivity index (χ2n) is 2.93. The minimum Gasteiger partial charge on any atom is -0.381 e. The van der Waals surface area contributed by atoms with Crippen molar-refractivity contribution in [3.63, 3.8) is 0 Å². The van der Waals surface area contributed by atoms with Crippen LogP contribution in [0.25, 0.3) is 0 Å². The molecule has 1 aromatic carbocycles. The lowest BCUT2D eigenvalue weighted by Crippen LogP contribution is -2.08. The van der Waals surface area contributed by atoms with Crippen LogP contribution in [-0.2, 0) is 16.3 Å². The number of halogens is 4. The van der Waals surface area contributed by atoms with Gasteiger partial charge in [0.15, 0.2) is 5.75 Å². The molecule has 0 N–H and O–H groups in total. The van der Waals surface area contributed by atoms with Crippen LogP contribution in [-0.4, -0.2) is 14.7 Å². The van der Waals surface area contributed by atoms with Crippen LogP contribution in [0, 0.1) is 0 Å². The van der Waals surface area contributed by atoms with E-state index in [4.69, 9.17) is 11.6 Å². The van der Waals surface area contributed by atoms with Gasteiger partial charge in [-0.1, -0.05) is 11.6 Å². The fraction of sp³-hybridized carbons (Fsp3) is 0.250. The summed E-state index contributed by atoms with van der Waals surface area (Å²) in [5.74, 6) is -0.336. The standard InChI is InChI=1S/C8H6ClF3O3S/c1-16(13,14)15-7-3-2-5(4-6(7)9)8(10,11)12/h2-4H,1H3. The van der Waals surface area contributed by atoms with Gasteiger partial charge < -0.3 is 4.18 Å². The van der Waals surface area contributed by atoms with E-state index < -0.39 is 26.9 Å². The SMILES string of the molecule is CS(=O)(=O)Oc1ccc(C(F)(F)F)cc1Cl. The molecule has 0 bridgehead atoms. The van der Waals surface area contributed by atoms with Crippen molar-refractivity contribution < 1.29 is 25.8 Å². The first-order valence-electron chi connectivity index (χ1n) is 3.86. The van der Waals surface area contributed by atoms with Gasteiger partial charge in [-0.05, 0) is 18.2 Å². The second kappa shape index (κ2) is 4.14. The summed E-state index contributed by atoms with van der Waals surface area (Å²) in [7, 11) is -3.81. The summed E-state index contributed by atoms with van der Waals surface area (Å²) < 4.78 is 62.5. The molecular weight excluding hydrogens is 269 g/mol. The molecule has 90 valence electrons. The summed E-state index contributed by atoms with van der Waals surface area (Å²) >= 11 is 5.45. The molecule has 8 heteroatoms. The summed E-state index contributed by atoms with van der Waals surface area (Å²) in [6, 6.07) is 2.14. The molecule has 1 rings (SSSR count). The third kappa shape index (κ3) is 3.57. The Morgan fingerprint density at radius 1 is 1.31 bits per heavy atom. The van der Waals surface area contributed by atoms with Crippen LogP contribution < -0.4 is 4.18 Å². The van der Waals surface area contributed by atoms with Gasteiger partial charge in [0.2, 0.25) is 0 Å². The third-order valence-electron chi connectivity index (χ3n) is 1.50. The van der Waals surface area contributed by atoms with Crippen LogP contribution in [0.4, 0.5) is 13.2 Å². The van der Waals surface area contributed by atoms with Crippen LogP contribution >= 0.6 is 11.6 Å². The van der Waals surface area contributed by atoms with E-state index in [9.17, 15) is 21.6 Å². The fourth-order valence-electron chi connectivity index (χ4n) is 0.908. The van der Waals surface area contributed by atoms with Crippen molar-refractivity contribution in [3.05, 3.63) is 28.8 Å². The normalized spacial score (nSPS) is 12.6. The van der Waals surface area contributed by atoms with Crippen LogP contribution in [0.1, 0.15) is 5.56 Å². The molecule has 0 heterocycles. The van der Waals surface area contributed by atoms with Crippen molar-refractivity contribution >= 4 is 21.7 Å². The molecule has 0 saturated heterocycles. The molecule has 0 unspecified atom stereocenters. The lowest BCUT2D eigenvalue weighted by Gasteiger charge is -2.09. The zero-order chi connectivity index (χ0) is 12.6. The first-order chi connectivity index (χ1) is 7.09. The number of alkyl halides is 3. The predicted octanol–water partition coefficient (Wildman–Crippen LogP) is 2.70. The summed E-state index contributed by atoms with van der Waals surface area (Å²) in [5.41, 5.74) is -0.974. The van der Waals surface area contributed by atoms with E-state index in [0.29, 0.717) is 12.1 Å². The Morgan fingerprint density at radius 2 is 1.88 bits per heavy atom. The summed E-state index contributed by atoms with van der Waals surface area (Å²) in [4.78, 5) is 0. The first kappa shape index (κ1) is 13.1. The molecule has 0 amide bonds. The Bertz CT molecular complexity index is 496. The van der Waals surface area contributed by atoms with Crippen molar-refractivity contribution in [1.82, 2.24) is 0 Å². The van der Waals surface area contributed by atoms with Crippen molar-refractivity contribution in [2.75, 3.05) is 6.26 Å². The molecule has 0 atom stereocenters. The average Bonchev–Trinajstić information content (AvgIpc) is 2.04. The highest BCUT2D eigenvalue weighted by Gasteiger charge is 2.31. The van der Waals surface area contributed by atoms with Gasteiger partial charge in [0.05, 0.1) is 16.8 Å². The molecule has 0 radical (unpaired) electrons. The maximum atomic E-state index is 12.2. The first-order valence-corrected chi connectivity index (χ1v) is 6.05. The van der Waals surface area contributed by atoms with Gasteiger partial charge in [-0.3, -0.25) is 0 Å². The van der Waals surface area contributed by atoms with Gasteiger partial charge >= 0.3 is 16.3 Å². The van der Waals surface area contributed by atoms with Gasteiger partial charge in [-0.25, -0.2) is 0 Å². The number of hydrogen-bond donors (Lipinski definition) is 0. The zero-order valence-electron chi connectivity index (χ0n) is 7.88. The lowest BCUT2D eigenvalue weighted by atomic mass is 10.2. The highest BCUT2D eigenvalue weighted by molar-refractivity contribution is 7.86. The minimum absolute atomic E-state index is 0.336. The Labute approximate surface area is 94.9 Å². The smallest absolute Gasteiger partial charge is 0.381 e. The largest absolute Gasteiger partial charge is 0.416 e. The van der Waals surface area contributed by atoms with Crippen molar-refractivity contribution in [3.8, 4) is 5.75 Å². The molecule has 0 aromatic heterocycles. The fourth-order valence-corrected chi connectivity index (χ4v) is 1.64. The van der Waals surface area contributed by atoms with E-state index in [1.54, 1.807) is 0 Å². The van der Waals surface area contributed by atoms with Crippen LogP contribution in [0.2, 0.25) is 5.02 Å². The van der Waals surface area contributed by atoms with Gasteiger partial charge in [-0.15, -0.1) is 0 Å². The maximum absolute atomic E-state index is 12.2. The second-order valence-corrected chi connectivity index (χ2v) is 4.91.